The van der Waals surface area contributed by atoms with Crippen molar-refractivity contribution in [1.29, 1.82) is 0 Å². The molecule has 3 N–H and O–H groups in total. The number of anilines is 2. The highest BCUT2D eigenvalue weighted by atomic mass is 79.9. The van der Waals surface area contributed by atoms with Gasteiger partial charge in [0, 0.05) is 14.6 Å². The minimum absolute atomic E-state index is 0.256. The first-order valence-corrected chi connectivity index (χ1v) is 7.05. The minimum Gasteiger partial charge on any atom is -0.399 e. The monoisotopic (exact) mass is 383 g/mol. The van der Waals surface area contributed by atoms with E-state index in [0.29, 0.717) is 21.5 Å². The molecular weight excluding hydrogens is 374 g/mol. The number of nitrogens with two attached hydrogens (primary N) is 1. The minimum atomic E-state index is -0.256. The molecule has 1 heterocycles. The van der Waals surface area contributed by atoms with E-state index in [4.69, 9.17) is 5.73 Å². The van der Waals surface area contributed by atoms with Crippen LogP contribution >= 0.6 is 31.9 Å². The zero-order valence-corrected chi connectivity index (χ0v) is 13.2. The van der Waals surface area contributed by atoms with Crippen molar-refractivity contribution >= 4 is 49.3 Å². The molecule has 4 nitrogen and oxygen atoms in total. The first kappa shape index (κ1) is 14.0. The molecule has 0 radical (unpaired) electrons. The second-order valence-electron chi connectivity index (χ2n) is 3.96. The van der Waals surface area contributed by atoms with Crippen LogP contribution in [-0.4, -0.2) is 10.9 Å². The van der Waals surface area contributed by atoms with Crippen LogP contribution in [0.3, 0.4) is 0 Å². The topological polar surface area (TPSA) is 68.0 Å². The fourth-order valence-electron chi connectivity index (χ4n) is 1.51. The molecule has 2 aromatic rings. The average Bonchev–Trinajstić information content (AvgIpc) is 2.36. The lowest BCUT2D eigenvalue weighted by molar-refractivity contribution is 0.102. The SMILES string of the molecule is Cc1nc(NC(=O)c2cc(N)ccc2Br)ccc1Br. The van der Waals surface area contributed by atoms with Crippen molar-refractivity contribution in [2.75, 3.05) is 11.1 Å². The molecule has 2 rings (SSSR count). The number of amides is 1. The summed E-state index contributed by atoms with van der Waals surface area (Å²) in [7, 11) is 0. The number of nitrogen functional groups attached to an aromatic ring is 1. The highest BCUT2D eigenvalue weighted by Crippen LogP contribution is 2.21. The van der Waals surface area contributed by atoms with Crippen LogP contribution in [0, 0.1) is 6.92 Å². The lowest BCUT2D eigenvalue weighted by Gasteiger charge is -2.08. The Bertz CT molecular complexity index is 644. The Morgan fingerprint density at radius 2 is 1.89 bits per heavy atom. The number of rotatable bonds is 2. The first-order valence-electron chi connectivity index (χ1n) is 5.47. The molecule has 19 heavy (non-hydrogen) atoms. The van der Waals surface area contributed by atoms with Gasteiger partial charge in [-0.1, -0.05) is 0 Å². The summed E-state index contributed by atoms with van der Waals surface area (Å²) < 4.78 is 1.59. The summed E-state index contributed by atoms with van der Waals surface area (Å²) >= 11 is 6.69. The summed E-state index contributed by atoms with van der Waals surface area (Å²) in [5, 5.41) is 2.74. The lowest BCUT2D eigenvalue weighted by atomic mass is 10.2. The van der Waals surface area contributed by atoms with Gasteiger partial charge in [-0.25, -0.2) is 4.98 Å². The molecule has 98 valence electrons. The summed E-state index contributed by atoms with van der Waals surface area (Å²) in [5.74, 6) is 0.244. The van der Waals surface area contributed by atoms with Gasteiger partial charge in [0.1, 0.15) is 5.82 Å². The number of hydrogen-bond acceptors (Lipinski definition) is 3. The van der Waals surface area contributed by atoms with Gasteiger partial charge in [0.2, 0.25) is 0 Å². The fraction of sp³-hybridized carbons (Fsp3) is 0.0769. The standard InChI is InChI=1S/C13H11Br2N3O/c1-7-10(14)4-5-12(17-7)18-13(19)9-6-8(16)2-3-11(9)15/h2-6H,16H2,1H3,(H,17,18,19). The Kier molecular flexibility index (Phi) is 4.21. The van der Waals surface area contributed by atoms with Gasteiger partial charge in [0.25, 0.3) is 5.91 Å². The van der Waals surface area contributed by atoms with Gasteiger partial charge in [-0.05, 0) is 69.1 Å². The molecular formula is C13H11Br2N3O. The lowest BCUT2D eigenvalue weighted by Crippen LogP contribution is -2.14. The van der Waals surface area contributed by atoms with Crippen LogP contribution in [0.15, 0.2) is 39.3 Å². The van der Waals surface area contributed by atoms with Gasteiger partial charge >= 0.3 is 0 Å². The predicted molar refractivity (Wildman–Crippen MR) is 83.2 cm³/mol. The van der Waals surface area contributed by atoms with E-state index in [1.165, 1.54) is 0 Å². The maximum absolute atomic E-state index is 12.1. The van der Waals surface area contributed by atoms with Gasteiger partial charge in [0.05, 0.1) is 11.3 Å². The number of nitrogens with one attached hydrogen (secondary N) is 1. The Hall–Kier alpha value is -1.40. The zero-order chi connectivity index (χ0) is 14.0. The maximum atomic E-state index is 12.1. The molecule has 1 aromatic carbocycles. The third-order valence-electron chi connectivity index (χ3n) is 2.50. The molecule has 0 saturated carbocycles. The number of halogens is 2. The normalized spacial score (nSPS) is 10.3. The average molecular weight is 385 g/mol. The van der Waals surface area contributed by atoms with Crippen LogP contribution in [0.2, 0.25) is 0 Å². The Morgan fingerprint density at radius 1 is 1.21 bits per heavy atom. The number of carbonyl (C=O) groups excluding carboxylic acids is 1. The van der Waals surface area contributed by atoms with Crippen LogP contribution in [0.1, 0.15) is 16.1 Å². The van der Waals surface area contributed by atoms with E-state index in [0.717, 1.165) is 10.2 Å². The van der Waals surface area contributed by atoms with Crippen molar-refractivity contribution in [2.45, 2.75) is 6.92 Å². The van der Waals surface area contributed by atoms with Crippen molar-refractivity contribution in [3.05, 3.63) is 50.5 Å². The van der Waals surface area contributed by atoms with Crippen LogP contribution in [0.4, 0.5) is 11.5 Å². The molecule has 0 saturated heterocycles. The van der Waals surface area contributed by atoms with Gasteiger partial charge in [-0.3, -0.25) is 4.79 Å². The zero-order valence-electron chi connectivity index (χ0n) is 10.1. The first-order chi connectivity index (χ1) is 8.97. The Labute approximate surface area is 127 Å². The smallest absolute Gasteiger partial charge is 0.258 e. The number of carbonyl (C=O) groups is 1. The molecule has 0 aliphatic carbocycles. The van der Waals surface area contributed by atoms with E-state index in [-0.39, 0.29) is 5.91 Å². The Balaban J connectivity index is 2.25. The molecule has 0 bridgehead atoms. The van der Waals surface area contributed by atoms with E-state index in [1.807, 2.05) is 13.0 Å². The van der Waals surface area contributed by atoms with E-state index < -0.39 is 0 Å². The van der Waals surface area contributed by atoms with Gasteiger partial charge in [0.15, 0.2) is 0 Å². The third kappa shape index (κ3) is 3.33. The van der Waals surface area contributed by atoms with Crippen LogP contribution in [-0.2, 0) is 0 Å². The molecule has 0 aliphatic rings. The fourth-order valence-corrected chi connectivity index (χ4v) is 2.16. The van der Waals surface area contributed by atoms with Crippen molar-refractivity contribution in [3.63, 3.8) is 0 Å². The van der Waals surface area contributed by atoms with Gasteiger partial charge in [-0.2, -0.15) is 0 Å². The van der Waals surface area contributed by atoms with Crippen LogP contribution in [0.25, 0.3) is 0 Å². The second kappa shape index (κ2) is 5.71. The van der Waals surface area contributed by atoms with E-state index >= 15 is 0 Å². The summed E-state index contributed by atoms with van der Waals surface area (Å²) in [6, 6.07) is 8.65. The van der Waals surface area contributed by atoms with E-state index in [2.05, 4.69) is 42.2 Å². The number of benzene rings is 1. The van der Waals surface area contributed by atoms with Gasteiger partial charge in [-0.15, -0.1) is 0 Å². The molecule has 0 spiro atoms. The summed E-state index contributed by atoms with van der Waals surface area (Å²) in [6.45, 7) is 1.86. The predicted octanol–water partition coefficient (Wildman–Crippen LogP) is 3.75. The third-order valence-corrected chi connectivity index (χ3v) is 4.03. The second-order valence-corrected chi connectivity index (χ2v) is 5.67. The summed E-state index contributed by atoms with van der Waals surface area (Å²) in [5.41, 5.74) is 7.50. The number of aryl methyl sites for hydroxylation is 1. The summed E-state index contributed by atoms with van der Waals surface area (Å²) in [4.78, 5) is 16.4. The van der Waals surface area contributed by atoms with Crippen molar-refractivity contribution < 1.29 is 4.79 Å². The van der Waals surface area contributed by atoms with Crippen LogP contribution in [0.5, 0.6) is 0 Å². The van der Waals surface area contributed by atoms with E-state index in [1.54, 1.807) is 24.3 Å². The molecule has 0 atom stereocenters. The molecule has 6 heteroatoms. The largest absolute Gasteiger partial charge is 0.399 e. The van der Waals surface area contributed by atoms with Crippen molar-refractivity contribution in [2.24, 2.45) is 0 Å². The number of nitrogens with zero attached hydrogens (tertiary/aromatic N) is 1. The van der Waals surface area contributed by atoms with Gasteiger partial charge < -0.3 is 11.1 Å². The summed E-state index contributed by atoms with van der Waals surface area (Å²) in [6.07, 6.45) is 0. The maximum Gasteiger partial charge on any atom is 0.258 e. The molecule has 0 unspecified atom stereocenters. The van der Waals surface area contributed by atoms with Crippen molar-refractivity contribution in [1.82, 2.24) is 4.98 Å². The molecule has 1 aromatic heterocycles. The number of aromatic nitrogens is 1. The molecule has 0 aliphatic heterocycles. The molecule has 1 amide bonds. The van der Waals surface area contributed by atoms with E-state index in [9.17, 15) is 4.79 Å². The van der Waals surface area contributed by atoms with Crippen molar-refractivity contribution in [3.8, 4) is 0 Å². The quantitative estimate of drug-likeness (QED) is 0.774. The highest BCUT2D eigenvalue weighted by molar-refractivity contribution is 9.10. The number of hydrogen-bond donors (Lipinski definition) is 2. The van der Waals surface area contributed by atoms with Crippen LogP contribution < -0.4 is 11.1 Å². The Morgan fingerprint density at radius 3 is 2.58 bits per heavy atom. The number of pyridine rings is 1. The highest BCUT2D eigenvalue weighted by Gasteiger charge is 2.11. The molecule has 0 fully saturated rings.